The summed E-state index contributed by atoms with van der Waals surface area (Å²) in [5.74, 6) is 0. The maximum Gasteiger partial charge on any atom is 0.287 e. The largest absolute Gasteiger partial charge is 0.379 e. The third-order valence-electron chi connectivity index (χ3n) is 3.54. The number of nitrogens with one attached hydrogen (secondary N) is 1. The Balaban J connectivity index is 2.76. The summed E-state index contributed by atoms with van der Waals surface area (Å²) in [6.07, 6.45) is 3.60. The fourth-order valence-corrected chi connectivity index (χ4v) is 2.41. The minimum absolute atomic E-state index is 0.204. The number of unbranched alkanes of at least 4 members (excludes halogenated alkanes) is 1. The molecular weight excluding hydrogens is 288 g/mol. The van der Waals surface area contributed by atoms with Crippen LogP contribution in [-0.4, -0.2) is 40.4 Å². The molecule has 1 unspecified atom stereocenters. The summed E-state index contributed by atoms with van der Waals surface area (Å²) in [5, 5.41) is 7.71. The van der Waals surface area contributed by atoms with Crippen LogP contribution in [0.5, 0.6) is 0 Å². The highest BCUT2D eigenvalue weighted by Crippen LogP contribution is 2.16. The Kier molecular flexibility index (Phi) is 7.75. The van der Waals surface area contributed by atoms with E-state index in [1.807, 2.05) is 0 Å². The maximum absolute atomic E-state index is 12.1. The Morgan fingerprint density at radius 2 is 2.05 bits per heavy atom. The summed E-state index contributed by atoms with van der Waals surface area (Å²) < 4.78 is 1.44. The Bertz CT molecular complexity index is 485. The number of hydrogen-bond acceptors (Lipinski definition) is 4. The quantitative estimate of drug-likeness (QED) is 0.761. The molecule has 0 bridgehead atoms. The smallest absolute Gasteiger partial charge is 0.287 e. The Morgan fingerprint density at radius 3 is 2.62 bits per heavy atom. The highest BCUT2D eigenvalue weighted by molar-refractivity contribution is 6.32. The van der Waals surface area contributed by atoms with Crippen LogP contribution in [0.15, 0.2) is 11.0 Å². The zero-order valence-electron chi connectivity index (χ0n) is 13.5. The molecular formula is C15H27ClN4O. The van der Waals surface area contributed by atoms with Gasteiger partial charge in [-0.2, -0.15) is 5.10 Å². The average Bonchev–Trinajstić information content (AvgIpc) is 2.48. The molecule has 120 valence electrons. The molecule has 1 aromatic heterocycles. The fourth-order valence-electron chi connectivity index (χ4n) is 2.21. The predicted octanol–water partition coefficient (Wildman–Crippen LogP) is 2.84. The topological polar surface area (TPSA) is 50.2 Å². The van der Waals surface area contributed by atoms with Crippen molar-refractivity contribution in [3.8, 4) is 0 Å². The van der Waals surface area contributed by atoms with Crippen molar-refractivity contribution in [2.45, 2.75) is 53.1 Å². The number of rotatable bonds is 9. The lowest BCUT2D eigenvalue weighted by Gasteiger charge is -2.24. The van der Waals surface area contributed by atoms with Crippen molar-refractivity contribution >= 4 is 17.3 Å². The third-order valence-corrected chi connectivity index (χ3v) is 3.90. The zero-order chi connectivity index (χ0) is 15.8. The molecule has 0 saturated carbocycles. The van der Waals surface area contributed by atoms with E-state index < -0.39 is 0 Å². The van der Waals surface area contributed by atoms with Crippen LogP contribution < -0.4 is 10.9 Å². The van der Waals surface area contributed by atoms with Crippen molar-refractivity contribution in [1.29, 1.82) is 0 Å². The maximum atomic E-state index is 12.1. The van der Waals surface area contributed by atoms with Gasteiger partial charge in [0.2, 0.25) is 0 Å². The van der Waals surface area contributed by atoms with E-state index in [0.29, 0.717) is 12.2 Å². The fraction of sp³-hybridized carbons (Fsp3) is 0.733. The van der Waals surface area contributed by atoms with E-state index in [0.717, 1.165) is 32.5 Å². The van der Waals surface area contributed by atoms with Gasteiger partial charge < -0.3 is 10.2 Å². The Hall–Kier alpha value is -1.07. The van der Waals surface area contributed by atoms with Gasteiger partial charge in [-0.1, -0.05) is 38.8 Å². The molecule has 0 aliphatic rings. The summed E-state index contributed by atoms with van der Waals surface area (Å²) >= 11 is 6.18. The standard InChI is InChI=1S/C15H27ClN4O/c1-5-8-9-20-15(21)14(16)13(10-17-20)18-12(4)11-19(6-2)7-3/h10,12,18H,5-9,11H2,1-4H3. The molecule has 0 aliphatic carbocycles. The average molecular weight is 315 g/mol. The van der Waals surface area contributed by atoms with E-state index in [1.54, 1.807) is 6.20 Å². The normalized spacial score (nSPS) is 12.7. The molecule has 0 fully saturated rings. The molecule has 5 nitrogen and oxygen atoms in total. The molecule has 1 aromatic rings. The van der Waals surface area contributed by atoms with Gasteiger partial charge in [-0.15, -0.1) is 0 Å². The molecule has 21 heavy (non-hydrogen) atoms. The molecule has 0 radical (unpaired) electrons. The lowest BCUT2D eigenvalue weighted by molar-refractivity contribution is 0.295. The summed E-state index contributed by atoms with van der Waals surface area (Å²) in [6, 6.07) is 0.204. The molecule has 0 spiro atoms. The number of anilines is 1. The van der Waals surface area contributed by atoms with Crippen molar-refractivity contribution in [3.63, 3.8) is 0 Å². The molecule has 0 saturated heterocycles. The first-order chi connectivity index (χ1) is 10.0. The van der Waals surface area contributed by atoms with Gasteiger partial charge in [-0.3, -0.25) is 4.79 Å². The molecule has 6 heteroatoms. The SMILES string of the molecule is CCCCn1ncc(NC(C)CN(CC)CC)c(Cl)c1=O. The van der Waals surface area contributed by atoms with E-state index in [1.165, 1.54) is 4.68 Å². The summed E-state index contributed by atoms with van der Waals surface area (Å²) in [5.41, 5.74) is 0.402. The van der Waals surface area contributed by atoms with Crippen LogP contribution in [0, 0.1) is 0 Å². The minimum atomic E-state index is -0.217. The van der Waals surface area contributed by atoms with E-state index in [2.05, 4.69) is 43.0 Å². The number of halogens is 1. The summed E-state index contributed by atoms with van der Waals surface area (Å²) in [4.78, 5) is 14.5. The van der Waals surface area contributed by atoms with Gasteiger partial charge in [0.25, 0.3) is 5.56 Å². The monoisotopic (exact) mass is 314 g/mol. The van der Waals surface area contributed by atoms with E-state index in [4.69, 9.17) is 11.6 Å². The second-order valence-electron chi connectivity index (χ2n) is 5.29. The number of likely N-dealkylation sites (N-methyl/N-ethyl adjacent to an activating group) is 1. The number of aryl methyl sites for hydroxylation is 1. The number of nitrogens with zero attached hydrogens (tertiary/aromatic N) is 3. The van der Waals surface area contributed by atoms with E-state index in [9.17, 15) is 4.79 Å². The van der Waals surface area contributed by atoms with Crippen LogP contribution in [0.1, 0.15) is 40.5 Å². The van der Waals surface area contributed by atoms with Gasteiger partial charge in [-0.05, 0) is 26.4 Å². The zero-order valence-corrected chi connectivity index (χ0v) is 14.3. The Labute approximate surface area is 132 Å². The molecule has 1 N–H and O–H groups in total. The van der Waals surface area contributed by atoms with Crippen LogP contribution in [0.3, 0.4) is 0 Å². The minimum Gasteiger partial charge on any atom is -0.379 e. The molecule has 0 aromatic carbocycles. The third kappa shape index (κ3) is 5.32. The van der Waals surface area contributed by atoms with Gasteiger partial charge >= 0.3 is 0 Å². The highest BCUT2D eigenvalue weighted by Gasteiger charge is 2.12. The second kappa shape index (κ2) is 9.05. The number of aromatic nitrogens is 2. The summed E-state index contributed by atoms with van der Waals surface area (Å²) in [6.45, 7) is 12.0. The Morgan fingerprint density at radius 1 is 1.38 bits per heavy atom. The lowest BCUT2D eigenvalue weighted by Crippen LogP contribution is -2.35. The van der Waals surface area contributed by atoms with Crippen molar-refractivity contribution < 1.29 is 0 Å². The first kappa shape index (κ1) is 18.0. The van der Waals surface area contributed by atoms with Crippen LogP contribution in [0.2, 0.25) is 5.02 Å². The van der Waals surface area contributed by atoms with Crippen LogP contribution in [0.4, 0.5) is 5.69 Å². The van der Waals surface area contributed by atoms with Crippen molar-refractivity contribution in [3.05, 3.63) is 21.6 Å². The van der Waals surface area contributed by atoms with Gasteiger partial charge in [0.15, 0.2) is 0 Å². The molecule has 1 heterocycles. The molecule has 1 rings (SSSR count). The van der Waals surface area contributed by atoms with Crippen LogP contribution >= 0.6 is 11.6 Å². The first-order valence-electron chi connectivity index (χ1n) is 7.77. The highest BCUT2D eigenvalue weighted by atomic mass is 35.5. The first-order valence-corrected chi connectivity index (χ1v) is 8.15. The van der Waals surface area contributed by atoms with Crippen LogP contribution in [-0.2, 0) is 6.54 Å². The van der Waals surface area contributed by atoms with Crippen LogP contribution in [0.25, 0.3) is 0 Å². The number of hydrogen-bond donors (Lipinski definition) is 1. The summed E-state index contributed by atoms with van der Waals surface area (Å²) in [7, 11) is 0. The van der Waals surface area contributed by atoms with Gasteiger partial charge in [-0.25, -0.2) is 4.68 Å². The van der Waals surface area contributed by atoms with E-state index >= 15 is 0 Å². The molecule has 0 aliphatic heterocycles. The van der Waals surface area contributed by atoms with Crippen molar-refractivity contribution in [1.82, 2.24) is 14.7 Å². The molecule has 1 atom stereocenters. The van der Waals surface area contributed by atoms with Gasteiger partial charge in [0.1, 0.15) is 5.02 Å². The van der Waals surface area contributed by atoms with E-state index in [-0.39, 0.29) is 16.6 Å². The lowest BCUT2D eigenvalue weighted by atomic mass is 10.3. The van der Waals surface area contributed by atoms with Gasteiger partial charge in [0.05, 0.1) is 11.9 Å². The predicted molar refractivity (Wildman–Crippen MR) is 89.3 cm³/mol. The second-order valence-corrected chi connectivity index (χ2v) is 5.66. The van der Waals surface area contributed by atoms with Crippen molar-refractivity contribution in [2.24, 2.45) is 0 Å². The molecule has 0 amide bonds. The van der Waals surface area contributed by atoms with Gasteiger partial charge in [0, 0.05) is 19.1 Å². The van der Waals surface area contributed by atoms with Crippen molar-refractivity contribution in [2.75, 3.05) is 25.0 Å².